The van der Waals surface area contributed by atoms with Crippen molar-refractivity contribution in [3.05, 3.63) is 41.7 Å². The minimum atomic E-state index is 0.0141. The molecule has 0 atom stereocenters. The van der Waals surface area contributed by atoms with E-state index in [1.165, 1.54) is 0 Å². The summed E-state index contributed by atoms with van der Waals surface area (Å²) in [5, 5.41) is 4.30. The summed E-state index contributed by atoms with van der Waals surface area (Å²) < 4.78 is 13.1. The number of para-hydroxylation sites is 1. The summed E-state index contributed by atoms with van der Waals surface area (Å²) >= 11 is 0. The van der Waals surface area contributed by atoms with Crippen LogP contribution in [0.15, 0.2) is 30.6 Å². The highest BCUT2D eigenvalue weighted by atomic mass is 16.6. The summed E-state index contributed by atoms with van der Waals surface area (Å²) in [6, 6.07) is 5.48. The van der Waals surface area contributed by atoms with Crippen molar-refractivity contribution in [2.75, 3.05) is 26.3 Å². The molecule has 1 aromatic carbocycles. The van der Waals surface area contributed by atoms with Gasteiger partial charge in [0.15, 0.2) is 11.5 Å². The number of amides is 1. The van der Waals surface area contributed by atoms with Crippen LogP contribution in [-0.2, 0) is 6.54 Å². The first-order valence-corrected chi connectivity index (χ1v) is 7.87. The van der Waals surface area contributed by atoms with Gasteiger partial charge in [-0.05, 0) is 24.6 Å². The van der Waals surface area contributed by atoms with E-state index in [0.717, 1.165) is 25.2 Å². The van der Waals surface area contributed by atoms with Gasteiger partial charge < -0.3 is 14.4 Å². The highest BCUT2D eigenvalue weighted by molar-refractivity contribution is 5.98. The van der Waals surface area contributed by atoms with Crippen molar-refractivity contribution in [1.29, 1.82) is 0 Å². The van der Waals surface area contributed by atoms with E-state index in [0.29, 0.717) is 36.2 Å². The molecule has 3 heterocycles. The van der Waals surface area contributed by atoms with Gasteiger partial charge in [-0.1, -0.05) is 6.07 Å². The number of carbonyl (C=O) groups is 1. The van der Waals surface area contributed by atoms with E-state index in [1.54, 1.807) is 6.07 Å². The predicted molar refractivity (Wildman–Crippen MR) is 83.8 cm³/mol. The van der Waals surface area contributed by atoms with Gasteiger partial charge in [0.1, 0.15) is 13.2 Å². The maximum absolute atomic E-state index is 12.7. The smallest absolute Gasteiger partial charge is 0.257 e. The van der Waals surface area contributed by atoms with E-state index >= 15 is 0 Å². The van der Waals surface area contributed by atoms with Gasteiger partial charge in [0, 0.05) is 31.7 Å². The van der Waals surface area contributed by atoms with Crippen molar-refractivity contribution in [2.24, 2.45) is 5.92 Å². The van der Waals surface area contributed by atoms with E-state index in [9.17, 15) is 4.79 Å². The number of hydrogen-bond acceptors (Lipinski definition) is 4. The Morgan fingerprint density at radius 2 is 2.13 bits per heavy atom. The minimum Gasteiger partial charge on any atom is -0.486 e. The van der Waals surface area contributed by atoms with Gasteiger partial charge in [-0.25, -0.2) is 0 Å². The maximum Gasteiger partial charge on any atom is 0.257 e. The van der Waals surface area contributed by atoms with Crippen LogP contribution in [0, 0.1) is 12.8 Å². The summed E-state index contributed by atoms with van der Waals surface area (Å²) in [6.45, 7) is 5.40. The van der Waals surface area contributed by atoms with Crippen molar-refractivity contribution >= 4 is 5.91 Å². The Labute approximate surface area is 134 Å². The molecule has 2 aliphatic heterocycles. The zero-order chi connectivity index (χ0) is 15.8. The first-order chi connectivity index (χ1) is 11.2. The molecule has 4 rings (SSSR count). The molecule has 1 fully saturated rings. The zero-order valence-corrected chi connectivity index (χ0v) is 13.1. The van der Waals surface area contributed by atoms with E-state index in [-0.39, 0.29) is 5.91 Å². The number of hydrogen-bond donors (Lipinski definition) is 0. The highest BCUT2D eigenvalue weighted by Gasteiger charge is 2.33. The van der Waals surface area contributed by atoms with Crippen LogP contribution >= 0.6 is 0 Å². The lowest BCUT2D eigenvalue weighted by Gasteiger charge is -2.39. The lowest BCUT2D eigenvalue weighted by atomic mass is 9.98. The van der Waals surface area contributed by atoms with Crippen LogP contribution in [-0.4, -0.2) is 46.9 Å². The number of nitrogens with zero attached hydrogens (tertiary/aromatic N) is 3. The molecule has 0 aliphatic carbocycles. The molecule has 0 N–H and O–H groups in total. The zero-order valence-electron chi connectivity index (χ0n) is 13.1. The number of aromatic nitrogens is 2. The molecule has 23 heavy (non-hydrogen) atoms. The average molecular weight is 313 g/mol. The summed E-state index contributed by atoms with van der Waals surface area (Å²) in [5.41, 5.74) is 1.75. The lowest BCUT2D eigenvalue weighted by molar-refractivity contribution is 0.0453. The van der Waals surface area contributed by atoms with E-state index in [2.05, 4.69) is 5.10 Å². The first-order valence-electron chi connectivity index (χ1n) is 7.87. The van der Waals surface area contributed by atoms with Gasteiger partial charge in [-0.3, -0.25) is 9.48 Å². The van der Waals surface area contributed by atoms with E-state index in [1.807, 2.05) is 41.0 Å². The van der Waals surface area contributed by atoms with Crippen molar-refractivity contribution < 1.29 is 14.3 Å². The van der Waals surface area contributed by atoms with Crippen molar-refractivity contribution in [3.8, 4) is 11.5 Å². The van der Waals surface area contributed by atoms with E-state index < -0.39 is 0 Å². The van der Waals surface area contributed by atoms with Crippen LogP contribution in [0.3, 0.4) is 0 Å². The van der Waals surface area contributed by atoms with Gasteiger partial charge in [-0.15, -0.1) is 0 Å². The predicted octanol–water partition coefficient (Wildman–Crippen LogP) is 1.73. The van der Waals surface area contributed by atoms with Crippen LogP contribution in [0.5, 0.6) is 11.5 Å². The third-order valence-corrected chi connectivity index (χ3v) is 4.25. The van der Waals surface area contributed by atoms with E-state index in [4.69, 9.17) is 9.47 Å². The lowest BCUT2D eigenvalue weighted by Crippen LogP contribution is -2.51. The molecule has 1 aromatic heterocycles. The molecule has 0 radical (unpaired) electrons. The standard InChI is InChI=1S/C17H19N3O3/c1-12-7-18-20(8-12)11-13-9-19(10-13)17(21)14-3-2-4-15-16(14)23-6-5-22-15/h2-4,7-8,13H,5-6,9-11H2,1H3. The second-order valence-corrected chi connectivity index (χ2v) is 6.15. The Kier molecular flexibility index (Phi) is 3.44. The highest BCUT2D eigenvalue weighted by Crippen LogP contribution is 2.35. The summed E-state index contributed by atoms with van der Waals surface area (Å²) in [7, 11) is 0. The topological polar surface area (TPSA) is 56.6 Å². The quantitative estimate of drug-likeness (QED) is 0.866. The Bertz CT molecular complexity index is 734. The fourth-order valence-corrected chi connectivity index (χ4v) is 3.09. The molecule has 6 nitrogen and oxygen atoms in total. The van der Waals surface area contributed by atoms with Gasteiger partial charge in [0.25, 0.3) is 5.91 Å². The Balaban J connectivity index is 1.41. The Morgan fingerprint density at radius 1 is 1.30 bits per heavy atom. The summed E-state index contributed by atoms with van der Waals surface area (Å²) in [5.74, 6) is 1.70. The second-order valence-electron chi connectivity index (χ2n) is 6.15. The molecule has 2 aromatic rings. The average Bonchev–Trinajstić information content (AvgIpc) is 2.94. The normalized spacial score (nSPS) is 17.0. The van der Waals surface area contributed by atoms with Gasteiger partial charge in [0.2, 0.25) is 0 Å². The molecular formula is C17H19N3O3. The van der Waals surface area contributed by atoms with Crippen LogP contribution in [0.2, 0.25) is 0 Å². The number of benzene rings is 1. The van der Waals surface area contributed by atoms with Crippen LogP contribution < -0.4 is 9.47 Å². The summed E-state index contributed by atoms with van der Waals surface area (Å²) in [6.07, 6.45) is 3.89. The number of likely N-dealkylation sites (tertiary alicyclic amines) is 1. The molecule has 120 valence electrons. The van der Waals surface area contributed by atoms with Gasteiger partial charge in [0.05, 0.1) is 11.8 Å². The molecule has 0 spiro atoms. The molecular weight excluding hydrogens is 294 g/mol. The van der Waals surface area contributed by atoms with Crippen molar-refractivity contribution in [3.63, 3.8) is 0 Å². The molecule has 0 unspecified atom stereocenters. The number of fused-ring (bicyclic) bond motifs is 1. The number of rotatable bonds is 3. The summed E-state index contributed by atoms with van der Waals surface area (Å²) in [4.78, 5) is 14.5. The number of aryl methyl sites for hydroxylation is 1. The molecule has 0 bridgehead atoms. The molecule has 2 aliphatic rings. The van der Waals surface area contributed by atoms with Crippen LogP contribution in [0.1, 0.15) is 15.9 Å². The second kappa shape index (κ2) is 5.61. The largest absolute Gasteiger partial charge is 0.486 e. The maximum atomic E-state index is 12.7. The third kappa shape index (κ3) is 2.65. The van der Waals surface area contributed by atoms with Crippen LogP contribution in [0.4, 0.5) is 0 Å². The number of ether oxygens (including phenoxy) is 2. The van der Waals surface area contributed by atoms with Crippen molar-refractivity contribution in [2.45, 2.75) is 13.5 Å². The Morgan fingerprint density at radius 3 is 2.91 bits per heavy atom. The third-order valence-electron chi connectivity index (χ3n) is 4.25. The fourth-order valence-electron chi connectivity index (χ4n) is 3.09. The molecule has 6 heteroatoms. The molecule has 0 saturated carbocycles. The van der Waals surface area contributed by atoms with Gasteiger partial charge in [-0.2, -0.15) is 5.10 Å². The van der Waals surface area contributed by atoms with Gasteiger partial charge >= 0.3 is 0 Å². The van der Waals surface area contributed by atoms with Crippen LogP contribution in [0.25, 0.3) is 0 Å². The molecule has 1 saturated heterocycles. The fraction of sp³-hybridized carbons (Fsp3) is 0.412. The monoisotopic (exact) mass is 313 g/mol. The number of carbonyl (C=O) groups excluding carboxylic acids is 1. The minimum absolute atomic E-state index is 0.0141. The first kappa shape index (κ1) is 14.1. The van der Waals surface area contributed by atoms with Crippen molar-refractivity contribution in [1.82, 2.24) is 14.7 Å². The Hall–Kier alpha value is -2.50. The molecule has 1 amide bonds. The SMILES string of the molecule is Cc1cnn(CC2CN(C(=O)c3cccc4c3OCCO4)C2)c1.